The van der Waals surface area contributed by atoms with Gasteiger partial charge in [-0.05, 0) is 29.6 Å². The van der Waals surface area contributed by atoms with Crippen molar-refractivity contribution in [2.75, 3.05) is 4.90 Å². The van der Waals surface area contributed by atoms with E-state index < -0.39 is 29.3 Å². The molecule has 1 N–H and O–H groups in total. The van der Waals surface area contributed by atoms with Crippen molar-refractivity contribution >= 4 is 28.7 Å². The van der Waals surface area contributed by atoms with Crippen LogP contribution in [0.4, 0.5) is 10.1 Å². The number of aliphatic hydroxyl groups excluding tert-OH is 1. The first kappa shape index (κ1) is 17.2. The molecular formula is C21H14FNO3S. The highest BCUT2D eigenvalue weighted by Crippen LogP contribution is 2.42. The molecule has 0 saturated heterocycles. The van der Waals surface area contributed by atoms with Gasteiger partial charge in [0.25, 0.3) is 5.91 Å². The quantitative estimate of drug-likeness (QED) is 0.670. The molecule has 2 aromatic carbocycles. The van der Waals surface area contributed by atoms with Crippen LogP contribution in [0, 0.1) is 5.82 Å². The minimum atomic E-state index is -1.05. The minimum absolute atomic E-state index is 0.114. The number of para-hydroxylation sites is 1. The Bertz CT molecular complexity index is 1040. The summed E-state index contributed by atoms with van der Waals surface area (Å²) in [6.07, 6.45) is 0. The molecule has 1 aliphatic rings. The van der Waals surface area contributed by atoms with Crippen LogP contribution >= 0.6 is 11.3 Å². The van der Waals surface area contributed by atoms with Crippen LogP contribution in [0.15, 0.2) is 83.4 Å². The molecule has 1 aromatic heterocycles. The largest absolute Gasteiger partial charge is 0.503 e. The fourth-order valence-electron chi connectivity index (χ4n) is 3.22. The molecule has 1 unspecified atom stereocenters. The summed E-state index contributed by atoms with van der Waals surface area (Å²) in [5.41, 5.74) is 0.506. The zero-order valence-corrected chi connectivity index (χ0v) is 14.8. The average Bonchev–Trinajstić information content (AvgIpc) is 3.30. The van der Waals surface area contributed by atoms with Crippen LogP contribution in [0.2, 0.25) is 0 Å². The number of rotatable bonds is 4. The molecule has 6 heteroatoms. The smallest absolute Gasteiger partial charge is 0.294 e. The molecule has 4 rings (SSSR count). The number of ketones is 1. The zero-order valence-electron chi connectivity index (χ0n) is 14.0. The first-order chi connectivity index (χ1) is 13.1. The first-order valence-electron chi connectivity index (χ1n) is 8.24. The predicted octanol–water partition coefficient (Wildman–Crippen LogP) is 4.67. The molecule has 0 bridgehead atoms. The number of hydrogen-bond acceptors (Lipinski definition) is 4. The standard InChI is InChI=1S/C21H14FNO3S/c22-15-10-5-4-9-14(15)18-17(19(24)16-11-6-12-27-16)20(25)21(26)23(18)13-7-2-1-3-8-13/h1-12,18,25H. The Balaban J connectivity index is 1.92. The minimum Gasteiger partial charge on any atom is -0.503 e. The van der Waals surface area contributed by atoms with Crippen molar-refractivity contribution in [2.45, 2.75) is 6.04 Å². The van der Waals surface area contributed by atoms with E-state index in [9.17, 15) is 19.1 Å². The maximum absolute atomic E-state index is 14.6. The Hall–Kier alpha value is -3.25. The van der Waals surface area contributed by atoms with E-state index in [0.29, 0.717) is 10.6 Å². The Kier molecular flexibility index (Phi) is 4.33. The van der Waals surface area contributed by atoms with E-state index in [-0.39, 0.29) is 11.1 Å². The molecule has 1 amide bonds. The second-order valence-corrected chi connectivity index (χ2v) is 6.95. The number of hydrogen-bond donors (Lipinski definition) is 1. The van der Waals surface area contributed by atoms with Gasteiger partial charge in [0.05, 0.1) is 16.5 Å². The van der Waals surface area contributed by atoms with Gasteiger partial charge < -0.3 is 5.11 Å². The SMILES string of the molecule is O=C(C1=C(O)C(=O)N(c2ccccc2)C1c1ccccc1F)c1cccs1. The molecule has 0 fully saturated rings. The van der Waals surface area contributed by atoms with Crippen LogP contribution in [-0.2, 0) is 4.79 Å². The summed E-state index contributed by atoms with van der Waals surface area (Å²) in [6.45, 7) is 0. The lowest BCUT2D eigenvalue weighted by Crippen LogP contribution is -2.31. The number of aliphatic hydroxyl groups is 1. The molecule has 134 valence electrons. The third-order valence-electron chi connectivity index (χ3n) is 4.43. The fraction of sp³-hybridized carbons (Fsp3) is 0.0476. The summed E-state index contributed by atoms with van der Waals surface area (Å²) in [5, 5.41) is 12.3. The third kappa shape index (κ3) is 2.84. The summed E-state index contributed by atoms with van der Waals surface area (Å²) in [6, 6.07) is 16.8. The van der Waals surface area contributed by atoms with E-state index in [0.717, 1.165) is 0 Å². The van der Waals surface area contributed by atoms with Crippen LogP contribution in [0.5, 0.6) is 0 Å². The molecule has 4 nitrogen and oxygen atoms in total. The number of nitrogens with zero attached hydrogens (tertiary/aromatic N) is 1. The number of benzene rings is 2. The van der Waals surface area contributed by atoms with E-state index in [2.05, 4.69) is 0 Å². The van der Waals surface area contributed by atoms with Crippen molar-refractivity contribution in [3.63, 3.8) is 0 Å². The molecule has 27 heavy (non-hydrogen) atoms. The third-order valence-corrected chi connectivity index (χ3v) is 5.30. The highest BCUT2D eigenvalue weighted by molar-refractivity contribution is 7.12. The molecule has 0 spiro atoms. The molecule has 0 saturated carbocycles. The Labute approximate surface area is 158 Å². The van der Waals surface area contributed by atoms with Crippen molar-refractivity contribution in [2.24, 2.45) is 0 Å². The average molecular weight is 379 g/mol. The number of anilines is 1. The van der Waals surface area contributed by atoms with Crippen LogP contribution in [0.25, 0.3) is 0 Å². The summed E-state index contributed by atoms with van der Waals surface area (Å²) >= 11 is 1.20. The number of Topliss-reactive ketones (excluding diaryl/α,β-unsaturated/α-hetero) is 1. The molecule has 3 aromatic rings. The van der Waals surface area contributed by atoms with E-state index in [4.69, 9.17) is 0 Å². The fourth-order valence-corrected chi connectivity index (χ4v) is 3.90. The Morgan fingerprint density at radius 2 is 1.70 bits per heavy atom. The highest BCUT2D eigenvalue weighted by Gasteiger charge is 2.45. The van der Waals surface area contributed by atoms with Gasteiger partial charge in [0, 0.05) is 11.3 Å². The molecule has 1 atom stereocenters. The lowest BCUT2D eigenvalue weighted by Gasteiger charge is -2.27. The van der Waals surface area contributed by atoms with E-state index in [1.54, 1.807) is 53.9 Å². The summed E-state index contributed by atoms with van der Waals surface area (Å²) in [7, 11) is 0. The van der Waals surface area contributed by atoms with Crippen molar-refractivity contribution in [1.29, 1.82) is 0 Å². The van der Waals surface area contributed by atoms with E-state index in [1.807, 2.05) is 0 Å². The van der Waals surface area contributed by atoms with Gasteiger partial charge in [0.1, 0.15) is 5.82 Å². The maximum atomic E-state index is 14.6. The Morgan fingerprint density at radius 3 is 2.37 bits per heavy atom. The van der Waals surface area contributed by atoms with Crippen molar-refractivity contribution in [3.8, 4) is 0 Å². The number of halogens is 1. The highest BCUT2D eigenvalue weighted by atomic mass is 32.1. The Morgan fingerprint density at radius 1 is 1.00 bits per heavy atom. The van der Waals surface area contributed by atoms with Gasteiger partial charge in [0.15, 0.2) is 5.76 Å². The maximum Gasteiger partial charge on any atom is 0.294 e. The van der Waals surface area contributed by atoms with E-state index in [1.165, 1.54) is 34.4 Å². The van der Waals surface area contributed by atoms with Crippen LogP contribution in [0.1, 0.15) is 21.3 Å². The van der Waals surface area contributed by atoms with Gasteiger partial charge in [0.2, 0.25) is 5.78 Å². The topological polar surface area (TPSA) is 57.6 Å². The summed E-state index contributed by atoms with van der Waals surface area (Å²) < 4.78 is 14.6. The number of carbonyl (C=O) groups is 2. The zero-order chi connectivity index (χ0) is 19.0. The van der Waals surface area contributed by atoms with Gasteiger partial charge in [-0.15, -0.1) is 11.3 Å². The summed E-state index contributed by atoms with van der Waals surface area (Å²) in [4.78, 5) is 27.5. The van der Waals surface area contributed by atoms with Gasteiger partial charge in [-0.3, -0.25) is 14.5 Å². The van der Waals surface area contributed by atoms with Crippen molar-refractivity contribution in [3.05, 3.63) is 99.7 Å². The monoisotopic (exact) mass is 379 g/mol. The summed E-state index contributed by atoms with van der Waals surface area (Å²) in [5.74, 6) is -2.41. The van der Waals surface area contributed by atoms with Crippen LogP contribution in [-0.4, -0.2) is 16.8 Å². The molecule has 2 heterocycles. The molecule has 0 aliphatic carbocycles. The number of carbonyl (C=O) groups excluding carboxylic acids is 2. The van der Waals surface area contributed by atoms with E-state index >= 15 is 0 Å². The molecule has 0 radical (unpaired) electrons. The molecule has 1 aliphatic heterocycles. The van der Waals surface area contributed by atoms with Crippen LogP contribution in [0.3, 0.4) is 0 Å². The number of thiophene rings is 1. The van der Waals surface area contributed by atoms with Crippen molar-refractivity contribution in [1.82, 2.24) is 0 Å². The second kappa shape index (κ2) is 6.81. The number of amides is 1. The predicted molar refractivity (Wildman–Crippen MR) is 101 cm³/mol. The normalized spacial score (nSPS) is 16.9. The lowest BCUT2D eigenvalue weighted by atomic mass is 9.94. The van der Waals surface area contributed by atoms with Gasteiger partial charge >= 0.3 is 0 Å². The van der Waals surface area contributed by atoms with Gasteiger partial charge in [-0.1, -0.05) is 42.5 Å². The van der Waals surface area contributed by atoms with Crippen LogP contribution < -0.4 is 4.90 Å². The van der Waals surface area contributed by atoms with Gasteiger partial charge in [-0.2, -0.15) is 0 Å². The van der Waals surface area contributed by atoms with Crippen molar-refractivity contribution < 1.29 is 19.1 Å². The first-order valence-corrected chi connectivity index (χ1v) is 9.12. The second-order valence-electron chi connectivity index (χ2n) is 6.00. The molecular weight excluding hydrogens is 365 g/mol. The van der Waals surface area contributed by atoms with Gasteiger partial charge in [-0.25, -0.2) is 4.39 Å². The lowest BCUT2D eigenvalue weighted by molar-refractivity contribution is -0.117.